The SMILES string of the molecule is CCOCCn1c(=NC(=O)CN2C(=O)c3ccccc3C2=O)sc2cc(S(N)(=O)=O)ccc21. The van der Waals surface area contributed by atoms with Crippen molar-refractivity contribution in [2.75, 3.05) is 19.8 Å². The fourth-order valence-corrected chi connectivity index (χ4v) is 5.22. The largest absolute Gasteiger partial charge is 0.380 e. The molecular formula is C21H20N4O6S2. The molecule has 12 heteroatoms. The normalized spacial score (nSPS) is 14.4. The number of nitrogens with zero attached hydrogens (tertiary/aromatic N) is 3. The maximum atomic E-state index is 12.7. The molecule has 0 aliphatic carbocycles. The summed E-state index contributed by atoms with van der Waals surface area (Å²) in [5.41, 5.74) is 1.15. The number of sulfonamides is 1. The lowest BCUT2D eigenvalue weighted by molar-refractivity contribution is -0.118. The highest BCUT2D eigenvalue weighted by Gasteiger charge is 2.36. The molecule has 0 radical (unpaired) electrons. The van der Waals surface area contributed by atoms with Gasteiger partial charge in [-0.05, 0) is 37.3 Å². The van der Waals surface area contributed by atoms with E-state index in [9.17, 15) is 22.8 Å². The van der Waals surface area contributed by atoms with Crippen molar-refractivity contribution < 1.29 is 27.5 Å². The minimum absolute atomic E-state index is 0.0582. The molecule has 2 aromatic carbocycles. The van der Waals surface area contributed by atoms with Crippen LogP contribution < -0.4 is 9.94 Å². The molecule has 1 aromatic heterocycles. The quantitative estimate of drug-likeness (QED) is 0.390. The summed E-state index contributed by atoms with van der Waals surface area (Å²) in [6, 6.07) is 10.8. The minimum Gasteiger partial charge on any atom is -0.380 e. The van der Waals surface area contributed by atoms with E-state index in [1.807, 2.05) is 6.92 Å². The van der Waals surface area contributed by atoms with Crippen LogP contribution in [0.5, 0.6) is 0 Å². The lowest BCUT2D eigenvalue weighted by atomic mass is 10.1. The zero-order valence-electron chi connectivity index (χ0n) is 17.6. The van der Waals surface area contributed by atoms with Crippen molar-refractivity contribution in [1.29, 1.82) is 0 Å². The number of nitrogens with two attached hydrogens (primary N) is 1. The summed E-state index contributed by atoms with van der Waals surface area (Å²) in [6.45, 7) is 2.56. The van der Waals surface area contributed by atoms with E-state index < -0.39 is 34.3 Å². The number of thiazole rings is 1. The molecule has 3 aromatic rings. The van der Waals surface area contributed by atoms with Gasteiger partial charge >= 0.3 is 0 Å². The van der Waals surface area contributed by atoms with E-state index in [2.05, 4.69) is 4.99 Å². The Morgan fingerprint density at radius 1 is 1.12 bits per heavy atom. The summed E-state index contributed by atoms with van der Waals surface area (Å²) in [5, 5.41) is 5.23. The van der Waals surface area contributed by atoms with Crippen molar-refractivity contribution in [3.05, 3.63) is 58.4 Å². The summed E-state index contributed by atoms with van der Waals surface area (Å²) >= 11 is 1.10. The second-order valence-electron chi connectivity index (χ2n) is 7.16. The predicted octanol–water partition coefficient (Wildman–Crippen LogP) is 1.11. The van der Waals surface area contributed by atoms with Crippen molar-refractivity contribution in [1.82, 2.24) is 9.47 Å². The van der Waals surface area contributed by atoms with Gasteiger partial charge in [0.1, 0.15) is 6.54 Å². The summed E-state index contributed by atoms with van der Waals surface area (Å²) in [6.07, 6.45) is 0. The van der Waals surface area contributed by atoms with Crippen LogP contribution in [0.1, 0.15) is 27.6 Å². The van der Waals surface area contributed by atoms with Crippen LogP contribution in [0.4, 0.5) is 0 Å². The van der Waals surface area contributed by atoms with E-state index in [0.717, 1.165) is 16.2 Å². The maximum Gasteiger partial charge on any atom is 0.268 e. The third kappa shape index (κ3) is 4.50. The Morgan fingerprint density at radius 2 is 1.79 bits per heavy atom. The first kappa shape index (κ1) is 23.0. The van der Waals surface area contributed by atoms with Crippen LogP contribution in [0.15, 0.2) is 52.4 Å². The van der Waals surface area contributed by atoms with Crippen molar-refractivity contribution in [2.24, 2.45) is 10.1 Å². The first-order valence-electron chi connectivity index (χ1n) is 9.97. The first-order chi connectivity index (χ1) is 15.7. The highest BCUT2D eigenvalue weighted by atomic mass is 32.2. The zero-order chi connectivity index (χ0) is 23.8. The lowest BCUT2D eigenvalue weighted by Gasteiger charge is -2.10. The Bertz CT molecular complexity index is 1420. The van der Waals surface area contributed by atoms with E-state index >= 15 is 0 Å². The van der Waals surface area contributed by atoms with Crippen LogP contribution in [0.3, 0.4) is 0 Å². The van der Waals surface area contributed by atoms with E-state index in [1.165, 1.54) is 24.3 Å². The fraction of sp³-hybridized carbons (Fsp3) is 0.238. The van der Waals surface area contributed by atoms with Crippen molar-refractivity contribution in [2.45, 2.75) is 18.4 Å². The van der Waals surface area contributed by atoms with Crippen LogP contribution in [-0.4, -0.2) is 55.4 Å². The van der Waals surface area contributed by atoms with Crippen LogP contribution >= 0.6 is 11.3 Å². The Kier molecular flexibility index (Phi) is 6.26. The second kappa shape index (κ2) is 8.98. The van der Waals surface area contributed by atoms with Crippen molar-refractivity contribution >= 4 is 49.3 Å². The third-order valence-electron chi connectivity index (χ3n) is 5.04. The molecule has 2 N–H and O–H groups in total. The standard InChI is InChI=1S/C21H20N4O6S2/c1-2-31-10-9-24-16-8-7-13(33(22,29)30)11-17(16)32-21(24)23-18(26)12-25-19(27)14-5-3-4-6-15(14)20(25)28/h3-8,11H,2,9-10,12H2,1H3,(H2,22,29,30). The smallest absolute Gasteiger partial charge is 0.268 e. The Labute approximate surface area is 193 Å². The van der Waals surface area contributed by atoms with Gasteiger partial charge in [-0.1, -0.05) is 23.5 Å². The number of amides is 3. The van der Waals surface area contributed by atoms with Gasteiger partial charge in [-0.2, -0.15) is 4.99 Å². The number of ether oxygens (including phenoxy) is 1. The van der Waals surface area contributed by atoms with Crippen molar-refractivity contribution in [3.8, 4) is 0 Å². The van der Waals surface area contributed by atoms with Gasteiger partial charge in [-0.25, -0.2) is 13.6 Å². The molecule has 0 unspecified atom stereocenters. The number of carbonyl (C=O) groups excluding carboxylic acids is 3. The molecule has 33 heavy (non-hydrogen) atoms. The molecule has 0 bridgehead atoms. The molecule has 0 spiro atoms. The van der Waals surface area contributed by atoms with Gasteiger partial charge in [-0.3, -0.25) is 19.3 Å². The topological polar surface area (TPSA) is 141 Å². The molecule has 2 heterocycles. The molecule has 3 amide bonds. The molecule has 172 valence electrons. The summed E-state index contributed by atoms with van der Waals surface area (Å²) < 4.78 is 31.1. The molecule has 10 nitrogen and oxygen atoms in total. The van der Waals surface area contributed by atoms with Crippen molar-refractivity contribution in [3.63, 3.8) is 0 Å². The highest BCUT2D eigenvalue weighted by molar-refractivity contribution is 7.89. The molecule has 1 aliphatic heterocycles. The number of imide groups is 1. The summed E-state index contributed by atoms with van der Waals surface area (Å²) in [7, 11) is -3.90. The lowest BCUT2D eigenvalue weighted by Crippen LogP contribution is -2.35. The van der Waals surface area contributed by atoms with Gasteiger partial charge in [-0.15, -0.1) is 0 Å². The van der Waals surface area contributed by atoms with E-state index in [0.29, 0.717) is 30.0 Å². The van der Waals surface area contributed by atoms with Gasteiger partial charge in [0, 0.05) is 13.2 Å². The number of rotatable bonds is 7. The van der Waals surface area contributed by atoms with Gasteiger partial charge in [0.05, 0.1) is 32.8 Å². The second-order valence-corrected chi connectivity index (χ2v) is 9.73. The maximum absolute atomic E-state index is 12.7. The number of benzene rings is 2. The molecule has 1 aliphatic rings. The van der Waals surface area contributed by atoms with Crippen LogP contribution in [0.2, 0.25) is 0 Å². The Balaban J connectivity index is 1.69. The number of hydrogen-bond acceptors (Lipinski definition) is 7. The molecule has 0 fully saturated rings. The van der Waals surface area contributed by atoms with E-state index in [1.54, 1.807) is 22.8 Å². The predicted molar refractivity (Wildman–Crippen MR) is 120 cm³/mol. The minimum atomic E-state index is -3.90. The average Bonchev–Trinajstić information content (AvgIpc) is 3.23. The molecular weight excluding hydrogens is 468 g/mol. The number of fused-ring (bicyclic) bond motifs is 2. The third-order valence-corrected chi connectivity index (χ3v) is 6.99. The Hall–Kier alpha value is -3.19. The van der Waals surface area contributed by atoms with Gasteiger partial charge in [0.25, 0.3) is 17.7 Å². The van der Waals surface area contributed by atoms with Crippen LogP contribution in [-0.2, 0) is 26.1 Å². The van der Waals surface area contributed by atoms with Crippen LogP contribution in [0.25, 0.3) is 10.2 Å². The molecule has 4 rings (SSSR count). The van der Waals surface area contributed by atoms with Gasteiger partial charge in [0.15, 0.2) is 4.80 Å². The molecule has 0 saturated carbocycles. The van der Waals surface area contributed by atoms with E-state index in [4.69, 9.17) is 9.88 Å². The first-order valence-corrected chi connectivity index (χ1v) is 12.3. The fourth-order valence-electron chi connectivity index (χ4n) is 3.49. The molecule has 0 saturated heterocycles. The van der Waals surface area contributed by atoms with Gasteiger partial charge in [0.2, 0.25) is 10.0 Å². The number of hydrogen-bond donors (Lipinski definition) is 1. The summed E-state index contributed by atoms with van der Waals surface area (Å²) in [5.74, 6) is -1.78. The van der Waals surface area contributed by atoms with Gasteiger partial charge < -0.3 is 9.30 Å². The average molecular weight is 489 g/mol. The highest BCUT2D eigenvalue weighted by Crippen LogP contribution is 2.23. The number of aromatic nitrogens is 1. The molecule has 0 atom stereocenters. The summed E-state index contributed by atoms with van der Waals surface area (Å²) in [4.78, 5) is 43.0. The monoisotopic (exact) mass is 488 g/mol. The number of carbonyl (C=O) groups is 3. The Morgan fingerprint density at radius 3 is 2.39 bits per heavy atom. The number of primary sulfonamides is 1. The van der Waals surface area contributed by atoms with E-state index in [-0.39, 0.29) is 20.8 Å². The van der Waals surface area contributed by atoms with Crippen LogP contribution in [0, 0.1) is 0 Å². The zero-order valence-corrected chi connectivity index (χ0v) is 19.2.